The molecule has 0 atom stereocenters. The molecule has 8 rings (SSSR count). The molecular weight excluding hydrogens is 527 g/mol. The third kappa shape index (κ3) is 4.14. The van der Waals surface area contributed by atoms with Crippen molar-refractivity contribution in [3.63, 3.8) is 0 Å². The molecule has 0 N–H and O–H groups in total. The minimum Gasteiger partial charge on any atom is -0.399 e. The number of hydrogen-bond donors (Lipinski definition) is 0. The van der Waals surface area contributed by atoms with E-state index in [1.807, 2.05) is 0 Å². The molecule has 0 spiro atoms. The predicted molar refractivity (Wildman–Crippen MR) is 178 cm³/mol. The van der Waals surface area contributed by atoms with Crippen LogP contribution in [0.15, 0.2) is 109 Å². The highest BCUT2D eigenvalue weighted by Gasteiger charge is 2.51. The molecule has 1 saturated heterocycles. The van der Waals surface area contributed by atoms with E-state index in [2.05, 4.69) is 152 Å². The minimum absolute atomic E-state index is 0.347. The van der Waals surface area contributed by atoms with Gasteiger partial charge in [-0.1, -0.05) is 66.7 Å². The second-order valence-corrected chi connectivity index (χ2v) is 12.8. The first-order chi connectivity index (χ1) is 20.8. The zero-order valence-corrected chi connectivity index (χ0v) is 25.2. The Balaban J connectivity index is 1.24. The monoisotopic (exact) mass is 562 g/mol. The molecule has 4 nitrogen and oxygen atoms in total. The molecule has 3 heterocycles. The Kier molecular flexibility index (Phi) is 5.88. The third-order valence-corrected chi connectivity index (χ3v) is 9.74. The van der Waals surface area contributed by atoms with E-state index in [9.17, 15) is 0 Å². The molecule has 1 aliphatic heterocycles. The van der Waals surface area contributed by atoms with Crippen LogP contribution in [0.3, 0.4) is 0 Å². The maximum Gasteiger partial charge on any atom is 0.494 e. The van der Waals surface area contributed by atoms with E-state index < -0.39 is 0 Å². The normalized spacial score (nSPS) is 17.4. The van der Waals surface area contributed by atoms with E-state index in [0.717, 1.165) is 18.3 Å². The van der Waals surface area contributed by atoms with Gasteiger partial charge in [0.05, 0.1) is 22.2 Å². The van der Waals surface area contributed by atoms with Crippen molar-refractivity contribution in [3.05, 3.63) is 126 Å². The smallest absolute Gasteiger partial charge is 0.399 e. The van der Waals surface area contributed by atoms with E-state index in [1.165, 1.54) is 55.6 Å². The van der Waals surface area contributed by atoms with Crippen LogP contribution in [0, 0.1) is 0 Å². The predicted octanol–water partition coefficient (Wildman–Crippen LogP) is 8.36. The summed E-state index contributed by atoms with van der Waals surface area (Å²) in [5, 5.41) is 2.56. The van der Waals surface area contributed by atoms with Crippen molar-refractivity contribution in [1.29, 1.82) is 0 Å². The molecule has 2 aromatic heterocycles. The molecule has 0 amide bonds. The highest BCUT2D eigenvalue weighted by Crippen LogP contribution is 2.42. The number of allylic oxidation sites excluding steroid dienone is 1. The number of nitrogens with zero attached hydrogens (tertiary/aromatic N) is 2. The van der Waals surface area contributed by atoms with Crippen molar-refractivity contribution in [2.75, 3.05) is 0 Å². The molecule has 0 unspecified atom stereocenters. The Hall–Kier alpha value is -4.32. The van der Waals surface area contributed by atoms with Crippen LogP contribution in [0.1, 0.15) is 50.9 Å². The maximum atomic E-state index is 6.30. The van der Waals surface area contributed by atoms with Gasteiger partial charge in [-0.2, -0.15) is 0 Å². The summed E-state index contributed by atoms with van der Waals surface area (Å²) in [6.45, 7) is 8.40. The number of fused-ring (bicyclic) bond motifs is 5. The van der Waals surface area contributed by atoms with Gasteiger partial charge in [-0.3, -0.25) is 0 Å². The van der Waals surface area contributed by atoms with Crippen LogP contribution >= 0.6 is 0 Å². The molecule has 0 radical (unpaired) electrons. The summed E-state index contributed by atoms with van der Waals surface area (Å²) < 4.78 is 17.4. The molecule has 6 aromatic rings. The van der Waals surface area contributed by atoms with Crippen LogP contribution in [0.5, 0.6) is 0 Å². The third-order valence-electron chi connectivity index (χ3n) is 9.74. The topological polar surface area (TPSA) is 28.3 Å². The Labute approximate surface area is 253 Å². The SMILES string of the molecule is CC1(C)OB(c2ccc(C3=Cc4c(n(-c5ccccc5)c5c4ccc4c5ccn4-c4ccccc4)CC3)cc2)OC1(C)C. The Morgan fingerprint density at radius 2 is 1.30 bits per heavy atom. The van der Waals surface area contributed by atoms with Crippen molar-refractivity contribution < 1.29 is 9.31 Å². The number of benzene rings is 4. The molecule has 0 saturated carbocycles. The Bertz CT molecular complexity index is 2000. The molecule has 212 valence electrons. The quantitative estimate of drug-likeness (QED) is 0.202. The van der Waals surface area contributed by atoms with Crippen LogP contribution < -0.4 is 5.46 Å². The van der Waals surface area contributed by atoms with Crippen molar-refractivity contribution in [3.8, 4) is 11.4 Å². The van der Waals surface area contributed by atoms with Gasteiger partial charge >= 0.3 is 7.12 Å². The fourth-order valence-electron chi connectivity index (χ4n) is 6.71. The van der Waals surface area contributed by atoms with Gasteiger partial charge < -0.3 is 18.4 Å². The summed E-state index contributed by atoms with van der Waals surface area (Å²) >= 11 is 0. The van der Waals surface area contributed by atoms with Gasteiger partial charge in [0.25, 0.3) is 0 Å². The van der Waals surface area contributed by atoms with E-state index in [-0.39, 0.29) is 18.3 Å². The summed E-state index contributed by atoms with van der Waals surface area (Å²) in [7, 11) is -0.347. The lowest BCUT2D eigenvalue weighted by Gasteiger charge is -2.32. The van der Waals surface area contributed by atoms with Crippen molar-refractivity contribution in [2.24, 2.45) is 0 Å². The zero-order chi connectivity index (χ0) is 29.3. The van der Waals surface area contributed by atoms with Crippen LogP contribution in [0.2, 0.25) is 0 Å². The standard InChI is InChI=1S/C38H35BN2O2/c1-37(2)38(3,4)43-39(42-37)28-18-15-26(16-19-28)27-17-21-35-33(25-27)31-20-22-34-32(23-24-40(34)29-11-7-5-8-12-29)36(31)41(35)30-13-9-6-10-14-30/h5-16,18-20,22-25H,17,21H2,1-4H3. The summed E-state index contributed by atoms with van der Waals surface area (Å²) in [5.74, 6) is 0. The summed E-state index contributed by atoms with van der Waals surface area (Å²) in [4.78, 5) is 0. The highest BCUT2D eigenvalue weighted by atomic mass is 16.7. The molecule has 1 aliphatic carbocycles. The van der Waals surface area contributed by atoms with Gasteiger partial charge in [0.1, 0.15) is 0 Å². The average Bonchev–Trinajstić information content (AvgIpc) is 3.67. The lowest BCUT2D eigenvalue weighted by Crippen LogP contribution is -2.41. The van der Waals surface area contributed by atoms with Gasteiger partial charge in [-0.15, -0.1) is 0 Å². The van der Waals surface area contributed by atoms with Crippen molar-refractivity contribution in [1.82, 2.24) is 9.13 Å². The highest BCUT2D eigenvalue weighted by molar-refractivity contribution is 6.62. The largest absolute Gasteiger partial charge is 0.494 e. The molecular formula is C38H35BN2O2. The van der Waals surface area contributed by atoms with Crippen molar-refractivity contribution >= 4 is 46.0 Å². The molecule has 2 aliphatic rings. The fourth-order valence-corrected chi connectivity index (χ4v) is 6.71. The zero-order valence-electron chi connectivity index (χ0n) is 25.2. The average molecular weight is 563 g/mol. The first-order valence-electron chi connectivity index (χ1n) is 15.3. The van der Waals surface area contributed by atoms with Gasteiger partial charge in [-0.05, 0) is 99.6 Å². The van der Waals surface area contributed by atoms with Crippen LogP contribution in [0.25, 0.3) is 44.8 Å². The van der Waals surface area contributed by atoms with E-state index in [0.29, 0.717) is 0 Å². The molecule has 1 fully saturated rings. The van der Waals surface area contributed by atoms with Gasteiger partial charge in [0.2, 0.25) is 0 Å². The Morgan fingerprint density at radius 1 is 0.651 bits per heavy atom. The maximum absolute atomic E-state index is 6.30. The van der Waals surface area contributed by atoms with Crippen LogP contribution in [0.4, 0.5) is 0 Å². The second kappa shape index (κ2) is 9.60. The Morgan fingerprint density at radius 3 is 1.98 bits per heavy atom. The lowest BCUT2D eigenvalue weighted by atomic mass is 9.78. The number of rotatable bonds is 4. The van der Waals surface area contributed by atoms with Crippen molar-refractivity contribution in [2.45, 2.75) is 51.7 Å². The van der Waals surface area contributed by atoms with Gasteiger partial charge in [0.15, 0.2) is 0 Å². The molecule has 4 aromatic carbocycles. The van der Waals surface area contributed by atoms with E-state index in [1.54, 1.807) is 0 Å². The van der Waals surface area contributed by atoms with Crippen LogP contribution in [-0.2, 0) is 15.7 Å². The fraction of sp³-hybridized carbons (Fsp3) is 0.211. The van der Waals surface area contributed by atoms with Crippen LogP contribution in [-0.4, -0.2) is 27.5 Å². The first-order valence-corrected chi connectivity index (χ1v) is 15.3. The van der Waals surface area contributed by atoms with Gasteiger partial charge in [-0.25, -0.2) is 0 Å². The molecule has 5 heteroatoms. The van der Waals surface area contributed by atoms with E-state index in [4.69, 9.17) is 9.31 Å². The summed E-state index contributed by atoms with van der Waals surface area (Å²) in [6.07, 6.45) is 6.58. The number of para-hydroxylation sites is 2. The lowest BCUT2D eigenvalue weighted by molar-refractivity contribution is 0.00578. The summed E-state index contributed by atoms with van der Waals surface area (Å²) in [5.41, 5.74) is 10.5. The first kappa shape index (κ1) is 26.3. The second-order valence-electron chi connectivity index (χ2n) is 12.8. The molecule has 0 bridgehead atoms. The van der Waals surface area contributed by atoms with E-state index >= 15 is 0 Å². The number of hydrogen-bond acceptors (Lipinski definition) is 2. The minimum atomic E-state index is -0.348. The number of aromatic nitrogens is 2. The van der Waals surface area contributed by atoms with Gasteiger partial charge in [0, 0.05) is 39.6 Å². The molecule has 43 heavy (non-hydrogen) atoms. The summed E-state index contributed by atoms with van der Waals surface area (Å²) in [6, 6.07) is 37.0.